The van der Waals surface area contributed by atoms with Gasteiger partial charge in [-0.2, -0.15) is 0 Å². The van der Waals surface area contributed by atoms with Gasteiger partial charge in [-0.15, -0.1) is 0 Å². The van der Waals surface area contributed by atoms with E-state index in [1.54, 1.807) is 0 Å². The molecule has 4 aliphatic rings. The van der Waals surface area contributed by atoms with Crippen LogP contribution in [0.1, 0.15) is 44.5 Å². The molecule has 0 heteroatoms. The van der Waals surface area contributed by atoms with Crippen molar-refractivity contribution in [2.75, 3.05) is 0 Å². The molecule has 276 valence electrons. The number of benzene rings is 10. The van der Waals surface area contributed by atoms with Crippen molar-refractivity contribution in [1.29, 1.82) is 0 Å². The average Bonchev–Trinajstić information content (AvgIpc) is 3.91. The molecule has 0 aliphatic heterocycles. The zero-order valence-corrected chi connectivity index (χ0v) is 32.8. The fraction of sp³-hybridized carbons (Fsp3) is 0.0333. The third kappa shape index (κ3) is 3.79. The zero-order chi connectivity index (χ0) is 39.2. The quantitative estimate of drug-likeness (QED) is 0.165. The largest absolute Gasteiger partial charge is 0.0726 e. The lowest BCUT2D eigenvalue weighted by Gasteiger charge is -2.41. The van der Waals surface area contributed by atoms with Crippen molar-refractivity contribution in [3.8, 4) is 66.8 Å². The van der Waals surface area contributed by atoms with Gasteiger partial charge in [0.25, 0.3) is 0 Å². The summed E-state index contributed by atoms with van der Waals surface area (Å²) in [6, 6.07) is 83.0. The van der Waals surface area contributed by atoms with E-state index in [0.717, 1.165) is 0 Å². The van der Waals surface area contributed by atoms with E-state index in [0.29, 0.717) is 0 Å². The Bertz CT molecular complexity index is 3390. The van der Waals surface area contributed by atoms with Crippen molar-refractivity contribution in [1.82, 2.24) is 0 Å². The maximum atomic E-state index is 2.63. The lowest BCUT2D eigenvalue weighted by molar-refractivity contribution is 0.772. The molecule has 10 aromatic rings. The van der Waals surface area contributed by atoms with Crippen molar-refractivity contribution in [2.45, 2.75) is 10.8 Å². The molecule has 10 aromatic carbocycles. The Morgan fingerprint density at radius 1 is 0.217 bits per heavy atom. The van der Waals surface area contributed by atoms with Crippen LogP contribution in [0.4, 0.5) is 0 Å². The van der Waals surface area contributed by atoms with Gasteiger partial charge in [-0.3, -0.25) is 0 Å². The van der Waals surface area contributed by atoms with E-state index in [1.807, 2.05) is 0 Å². The van der Waals surface area contributed by atoms with E-state index in [2.05, 4.69) is 218 Å². The van der Waals surface area contributed by atoms with Crippen LogP contribution in [-0.2, 0) is 10.8 Å². The maximum absolute atomic E-state index is 2.63. The molecule has 0 aromatic heterocycles. The molecule has 60 heavy (non-hydrogen) atoms. The molecule has 2 spiro atoms. The molecule has 0 atom stereocenters. The Kier molecular flexibility index (Phi) is 6.25. The fourth-order valence-corrected chi connectivity index (χ4v) is 12.3. The summed E-state index contributed by atoms with van der Waals surface area (Å²) < 4.78 is 0. The van der Waals surface area contributed by atoms with Gasteiger partial charge in [0, 0.05) is 0 Å². The highest BCUT2D eigenvalue weighted by atomic mass is 14.6. The molecular weight excluding hydrogens is 721 g/mol. The number of hydrogen-bond acceptors (Lipinski definition) is 0. The molecule has 4 aliphatic carbocycles. The molecular formula is C60H36. The summed E-state index contributed by atoms with van der Waals surface area (Å²) in [5.41, 5.74) is 25.5. The molecule has 0 fully saturated rings. The first kappa shape index (κ1) is 32.4. The van der Waals surface area contributed by atoms with E-state index in [9.17, 15) is 0 Å². The number of fused-ring (bicyclic) bond motifs is 20. The monoisotopic (exact) mass is 756 g/mol. The van der Waals surface area contributed by atoms with Crippen LogP contribution in [0.25, 0.3) is 77.5 Å². The smallest absolute Gasteiger partial charge is 0.0622 e. The van der Waals surface area contributed by atoms with Crippen LogP contribution >= 0.6 is 0 Å². The van der Waals surface area contributed by atoms with Crippen LogP contribution in [0, 0.1) is 0 Å². The van der Waals surface area contributed by atoms with Gasteiger partial charge >= 0.3 is 0 Å². The molecule has 0 bridgehead atoms. The summed E-state index contributed by atoms with van der Waals surface area (Å²) in [4.78, 5) is 0. The highest BCUT2D eigenvalue weighted by Crippen LogP contribution is 2.68. The van der Waals surface area contributed by atoms with Crippen molar-refractivity contribution in [2.24, 2.45) is 0 Å². The minimum Gasteiger partial charge on any atom is -0.0622 e. The first-order valence-corrected chi connectivity index (χ1v) is 21.2. The number of hydrogen-bond donors (Lipinski definition) is 0. The summed E-state index contributed by atoms with van der Waals surface area (Å²) in [6.07, 6.45) is 0. The summed E-state index contributed by atoms with van der Waals surface area (Å²) in [7, 11) is 0. The lowest BCUT2D eigenvalue weighted by Crippen LogP contribution is -2.32. The SMILES string of the molecule is c1ccc(-c2ccc3c(c2)C2(c4ccccc4-c4ccccc42)c2cc4c5c(cccc5c2-3)C2(c3ccccc3-c3ccccc32)c2cc(-c3ccccc3)ccc2-4)cc1. The normalized spacial score (nSPS) is 14.6. The summed E-state index contributed by atoms with van der Waals surface area (Å²) >= 11 is 0. The van der Waals surface area contributed by atoms with E-state index in [-0.39, 0.29) is 0 Å². The Hall–Kier alpha value is -7.54. The van der Waals surface area contributed by atoms with Gasteiger partial charge in [0.1, 0.15) is 0 Å². The Balaban J connectivity index is 1.17. The Morgan fingerprint density at radius 2 is 0.617 bits per heavy atom. The highest BCUT2D eigenvalue weighted by Gasteiger charge is 2.55. The van der Waals surface area contributed by atoms with Crippen LogP contribution in [0.5, 0.6) is 0 Å². The minimum atomic E-state index is -0.503. The van der Waals surface area contributed by atoms with Crippen molar-refractivity contribution < 1.29 is 0 Å². The zero-order valence-electron chi connectivity index (χ0n) is 32.8. The van der Waals surface area contributed by atoms with E-state index in [1.165, 1.54) is 122 Å². The van der Waals surface area contributed by atoms with Gasteiger partial charge in [-0.1, -0.05) is 200 Å². The van der Waals surface area contributed by atoms with Crippen molar-refractivity contribution in [3.63, 3.8) is 0 Å². The van der Waals surface area contributed by atoms with E-state index in [4.69, 9.17) is 0 Å². The Morgan fingerprint density at radius 3 is 1.13 bits per heavy atom. The van der Waals surface area contributed by atoms with Crippen LogP contribution in [-0.4, -0.2) is 0 Å². The highest BCUT2D eigenvalue weighted by molar-refractivity contribution is 6.16. The van der Waals surface area contributed by atoms with Crippen LogP contribution in [0.3, 0.4) is 0 Å². The molecule has 0 amide bonds. The van der Waals surface area contributed by atoms with Gasteiger partial charge in [0.15, 0.2) is 0 Å². The van der Waals surface area contributed by atoms with Crippen LogP contribution in [0.2, 0.25) is 0 Å². The molecule has 0 N–H and O–H groups in total. The predicted octanol–water partition coefficient (Wildman–Crippen LogP) is 14.9. The van der Waals surface area contributed by atoms with E-state index >= 15 is 0 Å². The minimum absolute atomic E-state index is 0.491. The molecule has 0 saturated carbocycles. The summed E-state index contributed by atoms with van der Waals surface area (Å²) in [5.74, 6) is 0. The molecule has 14 rings (SSSR count). The topological polar surface area (TPSA) is 0 Å². The second kappa shape index (κ2) is 11.6. The summed E-state index contributed by atoms with van der Waals surface area (Å²) in [6.45, 7) is 0. The van der Waals surface area contributed by atoms with Gasteiger partial charge in [-0.05, 0) is 140 Å². The molecule has 0 radical (unpaired) electrons. The van der Waals surface area contributed by atoms with Crippen molar-refractivity contribution in [3.05, 3.63) is 263 Å². The van der Waals surface area contributed by atoms with Gasteiger partial charge < -0.3 is 0 Å². The first-order chi connectivity index (χ1) is 29.8. The van der Waals surface area contributed by atoms with Crippen LogP contribution < -0.4 is 0 Å². The third-order valence-corrected chi connectivity index (χ3v) is 14.5. The van der Waals surface area contributed by atoms with Gasteiger partial charge in [0.05, 0.1) is 10.8 Å². The molecule has 0 saturated heterocycles. The first-order valence-electron chi connectivity index (χ1n) is 21.2. The standard InChI is InChI=1S/C60H36/c1-3-16-37(17-4-1)39-30-32-45-48-36-56-57(47-24-15-29-53(58(47)48)59(54(45)34-39)49-25-11-7-20-41(49)42-21-8-12-26-50(42)59)46-33-31-40(38-18-5-2-6-19-38)35-55(46)60(56)51-27-13-9-22-43(51)44-23-10-14-28-52(44)60/h1-36H. The second-order valence-electron chi connectivity index (χ2n) is 17.0. The lowest BCUT2D eigenvalue weighted by atomic mass is 9.60. The number of rotatable bonds is 2. The maximum Gasteiger partial charge on any atom is 0.0726 e. The second-order valence-corrected chi connectivity index (χ2v) is 17.0. The fourth-order valence-electron chi connectivity index (χ4n) is 12.3. The third-order valence-electron chi connectivity index (χ3n) is 14.5. The average molecular weight is 757 g/mol. The summed E-state index contributed by atoms with van der Waals surface area (Å²) in [5, 5.41) is 2.68. The van der Waals surface area contributed by atoms with Gasteiger partial charge in [-0.25, -0.2) is 0 Å². The van der Waals surface area contributed by atoms with Gasteiger partial charge in [0.2, 0.25) is 0 Å². The molecule has 0 heterocycles. The van der Waals surface area contributed by atoms with Crippen LogP contribution in [0.15, 0.2) is 218 Å². The predicted molar refractivity (Wildman–Crippen MR) is 247 cm³/mol. The van der Waals surface area contributed by atoms with Crippen molar-refractivity contribution >= 4 is 10.8 Å². The molecule has 0 nitrogen and oxygen atoms in total. The van der Waals surface area contributed by atoms with E-state index < -0.39 is 10.8 Å². The Labute approximate surface area is 349 Å². The molecule has 0 unspecified atom stereocenters.